The Bertz CT molecular complexity index is 1230. The molecular weight excluding hydrogens is 448 g/mol. The molecule has 1 aliphatic carbocycles. The van der Waals surface area contributed by atoms with E-state index in [0.717, 1.165) is 12.8 Å². The van der Waals surface area contributed by atoms with Crippen molar-refractivity contribution >= 4 is 33.0 Å². The molecule has 2 aromatic heterocycles. The number of carbonyl (C=O) groups excluding carboxylic acids is 1. The molecule has 168 valence electrons. The molecule has 32 heavy (non-hydrogen) atoms. The van der Waals surface area contributed by atoms with Gasteiger partial charge in [0.1, 0.15) is 0 Å². The van der Waals surface area contributed by atoms with Gasteiger partial charge >= 0.3 is 0 Å². The molecule has 0 spiro atoms. The fourth-order valence-corrected chi connectivity index (χ4v) is 6.95. The molecule has 5 rings (SSSR count). The third kappa shape index (κ3) is 4.22. The highest BCUT2D eigenvalue weighted by Crippen LogP contribution is 2.41. The van der Waals surface area contributed by atoms with Gasteiger partial charge in [-0.1, -0.05) is 23.4 Å². The third-order valence-corrected chi connectivity index (χ3v) is 9.04. The number of anilines is 1. The first kappa shape index (κ1) is 21.3. The third-order valence-electron chi connectivity index (χ3n) is 5.88. The van der Waals surface area contributed by atoms with E-state index in [9.17, 15) is 13.2 Å². The summed E-state index contributed by atoms with van der Waals surface area (Å²) in [6.07, 6.45) is 3.40. The Labute approximate surface area is 190 Å². The van der Waals surface area contributed by atoms with E-state index in [-0.39, 0.29) is 17.3 Å². The fourth-order valence-electron chi connectivity index (χ4n) is 3.94. The zero-order valence-corrected chi connectivity index (χ0v) is 19.3. The van der Waals surface area contributed by atoms with Gasteiger partial charge in [0, 0.05) is 29.6 Å². The van der Waals surface area contributed by atoms with Crippen molar-refractivity contribution in [3.8, 4) is 10.7 Å². The average molecular weight is 473 g/mol. The molecule has 1 atom stereocenters. The number of sulfonamides is 1. The Balaban J connectivity index is 1.33. The lowest BCUT2D eigenvalue weighted by molar-refractivity contribution is -0.120. The van der Waals surface area contributed by atoms with E-state index in [4.69, 9.17) is 4.52 Å². The monoisotopic (exact) mass is 472 g/mol. The SMILES string of the molecule is Cc1sc(-c2noc(C3CC3)n2)cc1S(=O)(=O)N1CCC[C@H](C(=O)Nc2ccccc2)C1. The summed E-state index contributed by atoms with van der Waals surface area (Å²) < 4.78 is 33.6. The number of amides is 1. The maximum absolute atomic E-state index is 13.4. The molecular formula is C22H24N4O4S2. The standard InChI is InChI=1S/C22H24N4O4S2/c1-14-19(12-18(31-14)20-24-22(30-25-20)15-9-10-15)32(28,29)26-11-5-6-16(13-26)21(27)23-17-7-3-2-4-8-17/h2-4,7-8,12,15-16H,5-6,9-11,13H2,1H3,(H,23,27)/t16-/m0/s1. The summed E-state index contributed by atoms with van der Waals surface area (Å²) in [5.41, 5.74) is 0.710. The summed E-state index contributed by atoms with van der Waals surface area (Å²) in [4.78, 5) is 18.8. The zero-order valence-electron chi connectivity index (χ0n) is 17.7. The Morgan fingerprint density at radius 2 is 2.00 bits per heavy atom. The number of benzene rings is 1. The number of aryl methyl sites for hydroxylation is 1. The molecule has 2 fully saturated rings. The summed E-state index contributed by atoms with van der Waals surface area (Å²) in [5, 5.41) is 6.93. The Morgan fingerprint density at radius 1 is 1.22 bits per heavy atom. The van der Waals surface area contributed by atoms with E-state index in [2.05, 4.69) is 15.5 Å². The molecule has 1 aliphatic heterocycles. The van der Waals surface area contributed by atoms with Crippen molar-refractivity contribution < 1.29 is 17.7 Å². The second-order valence-corrected chi connectivity index (χ2v) is 11.5. The van der Waals surface area contributed by atoms with Crippen molar-refractivity contribution in [1.29, 1.82) is 0 Å². The smallest absolute Gasteiger partial charge is 0.244 e. The van der Waals surface area contributed by atoms with Crippen LogP contribution in [0.2, 0.25) is 0 Å². The highest BCUT2D eigenvalue weighted by molar-refractivity contribution is 7.89. The van der Waals surface area contributed by atoms with E-state index in [0.29, 0.717) is 52.5 Å². The van der Waals surface area contributed by atoms with E-state index in [1.165, 1.54) is 15.6 Å². The molecule has 0 unspecified atom stereocenters. The van der Waals surface area contributed by atoms with Gasteiger partial charge in [-0.2, -0.15) is 9.29 Å². The Hall–Kier alpha value is -2.56. The molecule has 1 saturated carbocycles. The second-order valence-electron chi connectivity index (χ2n) is 8.32. The minimum Gasteiger partial charge on any atom is -0.339 e. The lowest BCUT2D eigenvalue weighted by Crippen LogP contribution is -2.43. The van der Waals surface area contributed by atoms with Crippen molar-refractivity contribution in [3.63, 3.8) is 0 Å². The summed E-state index contributed by atoms with van der Waals surface area (Å²) in [7, 11) is -3.74. The lowest BCUT2D eigenvalue weighted by atomic mass is 9.99. The number of thiophene rings is 1. The summed E-state index contributed by atoms with van der Waals surface area (Å²) in [5.74, 6) is 0.848. The van der Waals surface area contributed by atoms with Gasteiger partial charge in [0.2, 0.25) is 27.6 Å². The minimum atomic E-state index is -3.74. The van der Waals surface area contributed by atoms with Crippen molar-refractivity contribution in [2.75, 3.05) is 18.4 Å². The van der Waals surface area contributed by atoms with E-state index >= 15 is 0 Å². The topological polar surface area (TPSA) is 105 Å². The highest BCUT2D eigenvalue weighted by atomic mass is 32.2. The second kappa shape index (κ2) is 8.42. The van der Waals surface area contributed by atoms with E-state index in [1.807, 2.05) is 30.3 Å². The summed E-state index contributed by atoms with van der Waals surface area (Å²) in [6.45, 7) is 2.35. The number of carbonyl (C=O) groups is 1. The number of hydrogen-bond donors (Lipinski definition) is 1. The van der Waals surface area contributed by atoms with Crippen molar-refractivity contribution in [3.05, 3.63) is 47.2 Å². The van der Waals surface area contributed by atoms with Crippen LogP contribution in [0.1, 0.15) is 42.4 Å². The van der Waals surface area contributed by atoms with Crippen LogP contribution in [0.3, 0.4) is 0 Å². The molecule has 3 heterocycles. The predicted octanol–water partition coefficient (Wildman–Crippen LogP) is 4.02. The van der Waals surface area contributed by atoms with Crippen LogP contribution in [-0.4, -0.2) is 41.9 Å². The number of rotatable bonds is 6. The molecule has 1 aromatic carbocycles. The van der Waals surface area contributed by atoms with Crippen LogP contribution < -0.4 is 5.32 Å². The van der Waals surface area contributed by atoms with Crippen LogP contribution in [0.25, 0.3) is 10.7 Å². The van der Waals surface area contributed by atoms with Crippen molar-refractivity contribution in [2.24, 2.45) is 5.92 Å². The number of para-hydroxylation sites is 1. The molecule has 0 radical (unpaired) electrons. The van der Waals surface area contributed by atoms with Gasteiger partial charge in [-0.05, 0) is 50.8 Å². The van der Waals surface area contributed by atoms with Gasteiger partial charge in [0.15, 0.2) is 0 Å². The van der Waals surface area contributed by atoms with Crippen LogP contribution in [0.4, 0.5) is 5.69 Å². The van der Waals surface area contributed by atoms with Crippen LogP contribution in [0, 0.1) is 12.8 Å². The quantitative estimate of drug-likeness (QED) is 0.581. The molecule has 10 heteroatoms. The Kier molecular flexibility index (Phi) is 5.60. The van der Waals surface area contributed by atoms with E-state index in [1.54, 1.807) is 13.0 Å². The first-order chi connectivity index (χ1) is 15.4. The number of hydrogen-bond acceptors (Lipinski definition) is 7. The molecule has 3 aromatic rings. The first-order valence-corrected chi connectivity index (χ1v) is 13.0. The normalized spacial score (nSPS) is 19.7. The average Bonchev–Trinajstić information content (AvgIpc) is 3.39. The van der Waals surface area contributed by atoms with Crippen molar-refractivity contribution in [1.82, 2.24) is 14.4 Å². The van der Waals surface area contributed by atoms with Crippen LogP contribution in [-0.2, 0) is 14.8 Å². The van der Waals surface area contributed by atoms with Crippen molar-refractivity contribution in [2.45, 2.75) is 43.4 Å². The van der Waals surface area contributed by atoms with Crippen LogP contribution in [0.5, 0.6) is 0 Å². The largest absolute Gasteiger partial charge is 0.339 e. The number of piperidine rings is 1. The van der Waals surface area contributed by atoms with Crippen LogP contribution in [0.15, 0.2) is 45.8 Å². The van der Waals surface area contributed by atoms with Gasteiger partial charge in [0.25, 0.3) is 0 Å². The summed E-state index contributed by atoms with van der Waals surface area (Å²) >= 11 is 1.34. The fraction of sp³-hybridized carbons (Fsp3) is 0.409. The Morgan fingerprint density at radius 3 is 2.75 bits per heavy atom. The molecule has 8 nitrogen and oxygen atoms in total. The van der Waals surface area contributed by atoms with Crippen LogP contribution >= 0.6 is 11.3 Å². The van der Waals surface area contributed by atoms with Gasteiger partial charge in [0.05, 0.1) is 15.7 Å². The minimum absolute atomic E-state index is 0.154. The first-order valence-electron chi connectivity index (χ1n) is 10.7. The number of nitrogens with zero attached hydrogens (tertiary/aromatic N) is 3. The number of nitrogens with one attached hydrogen (secondary N) is 1. The molecule has 0 bridgehead atoms. The lowest BCUT2D eigenvalue weighted by Gasteiger charge is -2.31. The number of aromatic nitrogens is 2. The molecule has 2 aliphatic rings. The predicted molar refractivity (Wildman–Crippen MR) is 121 cm³/mol. The summed E-state index contributed by atoms with van der Waals surface area (Å²) in [6, 6.07) is 10.8. The van der Waals surface area contributed by atoms with E-state index < -0.39 is 15.9 Å². The van der Waals surface area contributed by atoms with Gasteiger partial charge in [-0.25, -0.2) is 8.42 Å². The van der Waals surface area contributed by atoms with Gasteiger partial charge in [-0.15, -0.1) is 11.3 Å². The maximum atomic E-state index is 13.4. The highest BCUT2D eigenvalue weighted by Gasteiger charge is 2.35. The van der Waals surface area contributed by atoms with Gasteiger partial charge < -0.3 is 9.84 Å². The maximum Gasteiger partial charge on any atom is 0.244 e. The zero-order chi connectivity index (χ0) is 22.3. The molecule has 1 N–H and O–H groups in total. The molecule has 1 saturated heterocycles. The molecule has 1 amide bonds. The van der Waals surface area contributed by atoms with Gasteiger partial charge in [-0.3, -0.25) is 4.79 Å².